The Morgan fingerprint density at radius 2 is 1.62 bits per heavy atom. The number of likely N-dealkylation sites (N-methyl/N-ethyl adjacent to an activating group) is 1. The molecule has 1 aromatic carbocycles. The Morgan fingerprint density at radius 1 is 1.12 bits per heavy atom. The molecular formula is C19H34N2O3. The van der Waals surface area contributed by atoms with E-state index >= 15 is 0 Å². The van der Waals surface area contributed by atoms with Crippen LogP contribution in [0, 0.1) is 0 Å². The number of carbonyl (C=O) groups excluding carboxylic acids is 2. The lowest BCUT2D eigenvalue weighted by atomic mass is 10.1. The minimum Gasteiger partial charge on any atom is -0.445 e. The predicted octanol–water partition coefficient (Wildman–Crippen LogP) is 3.66. The molecule has 0 aliphatic rings. The van der Waals surface area contributed by atoms with Crippen molar-refractivity contribution in [2.75, 3.05) is 27.2 Å². The van der Waals surface area contributed by atoms with E-state index in [0.29, 0.717) is 19.6 Å². The molecule has 5 nitrogen and oxygen atoms in total. The van der Waals surface area contributed by atoms with Gasteiger partial charge in [-0.1, -0.05) is 52.0 Å². The lowest BCUT2D eigenvalue weighted by molar-refractivity contribution is -0.107. The summed E-state index contributed by atoms with van der Waals surface area (Å²) in [5.74, 6) is 0. The number of alkyl carbamates (subject to hydrolysis) is 1. The maximum Gasteiger partial charge on any atom is 0.407 e. The van der Waals surface area contributed by atoms with E-state index in [4.69, 9.17) is 4.74 Å². The van der Waals surface area contributed by atoms with Gasteiger partial charge in [0.15, 0.2) is 0 Å². The Hall–Kier alpha value is -1.88. The van der Waals surface area contributed by atoms with E-state index < -0.39 is 0 Å². The first-order valence-electron chi connectivity index (χ1n) is 8.60. The van der Waals surface area contributed by atoms with E-state index in [1.807, 2.05) is 51.9 Å². The molecule has 1 amide bonds. The fourth-order valence-electron chi connectivity index (χ4n) is 1.45. The molecule has 5 heteroatoms. The second-order valence-corrected chi connectivity index (χ2v) is 5.05. The highest BCUT2D eigenvalue weighted by Crippen LogP contribution is 2.06. The van der Waals surface area contributed by atoms with Crippen LogP contribution in [-0.2, 0) is 22.6 Å². The first-order chi connectivity index (χ1) is 11.5. The van der Waals surface area contributed by atoms with Crippen molar-refractivity contribution in [2.24, 2.45) is 0 Å². The summed E-state index contributed by atoms with van der Waals surface area (Å²) in [6, 6.07) is 8.10. The molecule has 0 saturated carbocycles. The third kappa shape index (κ3) is 15.0. The zero-order chi connectivity index (χ0) is 18.8. The van der Waals surface area contributed by atoms with E-state index in [1.54, 1.807) is 0 Å². The topological polar surface area (TPSA) is 58.6 Å². The maximum atomic E-state index is 11.4. The van der Waals surface area contributed by atoms with Crippen LogP contribution < -0.4 is 5.32 Å². The van der Waals surface area contributed by atoms with Crippen molar-refractivity contribution in [1.82, 2.24) is 10.2 Å². The normalized spacial score (nSPS) is 9.12. The molecule has 0 atom stereocenters. The van der Waals surface area contributed by atoms with Gasteiger partial charge in [0.2, 0.25) is 0 Å². The Balaban J connectivity index is 0. The number of aryl methyl sites for hydroxylation is 1. The second kappa shape index (κ2) is 17.5. The van der Waals surface area contributed by atoms with Crippen LogP contribution in [0.1, 0.15) is 45.2 Å². The predicted molar refractivity (Wildman–Crippen MR) is 100 cm³/mol. The summed E-state index contributed by atoms with van der Waals surface area (Å²) < 4.78 is 5.11. The molecule has 0 aliphatic heterocycles. The smallest absolute Gasteiger partial charge is 0.407 e. The Morgan fingerprint density at radius 3 is 2.04 bits per heavy atom. The average Bonchev–Trinajstić information content (AvgIpc) is 2.62. The van der Waals surface area contributed by atoms with Crippen molar-refractivity contribution in [2.45, 2.75) is 47.1 Å². The fourth-order valence-corrected chi connectivity index (χ4v) is 1.45. The Labute approximate surface area is 147 Å². The number of aldehydes is 1. The zero-order valence-corrected chi connectivity index (χ0v) is 16.1. The number of ether oxygens (including phenoxy) is 1. The summed E-state index contributed by atoms with van der Waals surface area (Å²) in [5, 5.41) is 2.70. The third-order valence-corrected chi connectivity index (χ3v) is 2.80. The van der Waals surface area contributed by atoms with Crippen LogP contribution in [0.2, 0.25) is 0 Å². The average molecular weight is 338 g/mol. The lowest BCUT2D eigenvalue weighted by Gasteiger charge is -2.10. The molecule has 0 fully saturated rings. The molecule has 24 heavy (non-hydrogen) atoms. The molecule has 0 saturated heterocycles. The highest BCUT2D eigenvalue weighted by molar-refractivity contribution is 5.67. The summed E-state index contributed by atoms with van der Waals surface area (Å²) in [6.07, 6.45) is 2.17. The van der Waals surface area contributed by atoms with E-state index in [1.165, 1.54) is 5.56 Å². The highest BCUT2D eigenvalue weighted by atomic mass is 16.5. The molecule has 0 spiro atoms. The van der Waals surface area contributed by atoms with Crippen LogP contribution in [0.25, 0.3) is 0 Å². The maximum absolute atomic E-state index is 11.4. The van der Waals surface area contributed by atoms with Crippen LogP contribution in [0.5, 0.6) is 0 Å². The van der Waals surface area contributed by atoms with Crippen molar-refractivity contribution < 1.29 is 14.3 Å². The molecule has 138 valence electrons. The van der Waals surface area contributed by atoms with Crippen molar-refractivity contribution >= 4 is 12.4 Å². The van der Waals surface area contributed by atoms with Gasteiger partial charge in [-0.15, -0.1) is 0 Å². The van der Waals surface area contributed by atoms with Gasteiger partial charge in [-0.05, 0) is 31.6 Å². The lowest BCUT2D eigenvalue weighted by Crippen LogP contribution is -2.31. The molecule has 1 N–H and O–H groups in total. The van der Waals surface area contributed by atoms with Crippen LogP contribution in [0.3, 0.4) is 0 Å². The van der Waals surface area contributed by atoms with Crippen molar-refractivity contribution in [3.63, 3.8) is 0 Å². The van der Waals surface area contributed by atoms with Gasteiger partial charge in [0.1, 0.15) is 12.9 Å². The van der Waals surface area contributed by atoms with Crippen LogP contribution >= 0.6 is 0 Å². The largest absolute Gasteiger partial charge is 0.445 e. The first kappa shape index (κ1) is 24.4. The molecule has 0 aliphatic carbocycles. The number of nitrogens with one attached hydrogen (secondary N) is 1. The monoisotopic (exact) mass is 338 g/mol. The first-order valence-corrected chi connectivity index (χ1v) is 8.60. The number of hydrogen-bond acceptors (Lipinski definition) is 4. The number of carbonyl (C=O) groups is 2. The van der Waals surface area contributed by atoms with Crippen molar-refractivity contribution in [3.8, 4) is 0 Å². The molecular weight excluding hydrogens is 304 g/mol. The molecule has 0 unspecified atom stereocenters. The third-order valence-electron chi connectivity index (χ3n) is 2.80. The van der Waals surface area contributed by atoms with E-state index in [9.17, 15) is 9.59 Å². The van der Waals surface area contributed by atoms with E-state index in [2.05, 4.69) is 24.4 Å². The zero-order valence-electron chi connectivity index (χ0n) is 16.1. The highest BCUT2D eigenvalue weighted by Gasteiger charge is 2.02. The van der Waals surface area contributed by atoms with Gasteiger partial charge in [0.05, 0.1) is 0 Å². The van der Waals surface area contributed by atoms with Gasteiger partial charge in [0.25, 0.3) is 0 Å². The Bertz CT molecular complexity index is 417. The van der Waals surface area contributed by atoms with Crippen LogP contribution in [0.15, 0.2) is 24.3 Å². The molecule has 0 radical (unpaired) electrons. The number of rotatable bonds is 7. The quantitative estimate of drug-likeness (QED) is 0.771. The summed E-state index contributed by atoms with van der Waals surface area (Å²) in [5.41, 5.74) is 2.30. The summed E-state index contributed by atoms with van der Waals surface area (Å²) >= 11 is 0. The molecule has 0 aromatic heterocycles. The number of amides is 1. The summed E-state index contributed by atoms with van der Waals surface area (Å²) in [6.45, 7) is 9.65. The Kier molecular flexibility index (Phi) is 17.7. The fraction of sp³-hybridized carbons (Fsp3) is 0.579. The summed E-state index contributed by atoms with van der Waals surface area (Å²) in [4.78, 5) is 22.5. The number of benzene rings is 1. The van der Waals surface area contributed by atoms with Gasteiger partial charge in [-0.25, -0.2) is 4.79 Å². The van der Waals surface area contributed by atoms with Gasteiger partial charge < -0.3 is 19.7 Å². The SMILES string of the molecule is CC.CCC=O.CCc1ccc(COC(=O)NCCN(C)C)cc1. The van der Waals surface area contributed by atoms with Gasteiger partial charge >= 0.3 is 6.09 Å². The van der Waals surface area contributed by atoms with Crippen molar-refractivity contribution in [1.29, 1.82) is 0 Å². The minimum absolute atomic E-state index is 0.317. The van der Waals surface area contributed by atoms with E-state index in [0.717, 1.165) is 24.8 Å². The van der Waals surface area contributed by atoms with Crippen molar-refractivity contribution in [3.05, 3.63) is 35.4 Å². The van der Waals surface area contributed by atoms with Gasteiger partial charge in [0, 0.05) is 19.5 Å². The molecule has 1 aromatic rings. The summed E-state index contributed by atoms with van der Waals surface area (Å²) in [7, 11) is 3.92. The standard InChI is InChI=1S/C14H22N2O2.C3H6O.C2H6/c1-4-12-5-7-13(8-6-12)11-18-14(17)15-9-10-16(2)3;1-2-3-4;1-2/h5-8H,4,9-11H2,1-3H3,(H,15,17);3H,2H2,1H3;1-2H3. The molecule has 1 rings (SSSR count). The van der Waals surface area contributed by atoms with E-state index in [-0.39, 0.29) is 6.09 Å². The second-order valence-electron chi connectivity index (χ2n) is 5.05. The number of hydrogen-bond donors (Lipinski definition) is 1. The van der Waals surface area contributed by atoms with Crippen LogP contribution in [-0.4, -0.2) is 44.5 Å². The van der Waals surface area contributed by atoms with Gasteiger partial charge in [-0.3, -0.25) is 0 Å². The van der Waals surface area contributed by atoms with Crippen LogP contribution in [0.4, 0.5) is 4.79 Å². The number of nitrogens with zero attached hydrogens (tertiary/aromatic N) is 1. The molecule has 0 heterocycles. The minimum atomic E-state index is -0.364. The van der Waals surface area contributed by atoms with Gasteiger partial charge in [-0.2, -0.15) is 0 Å². The molecule has 0 bridgehead atoms.